The molecule has 0 aromatic carbocycles. The lowest BCUT2D eigenvalue weighted by Gasteiger charge is -2.32. The topological polar surface area (TPSA) is 281 Å². The van der Waals surface area contributed by atoms with Crippen molar-refractivity contribution in [3.05, 3.63) is 29.3 Å². The van der Waals surface area contributed by atoms with Crippen molar-refractivity contribution >= 4 is 60.9 Å². The highest BCUT2D eigenvalue weighted by molar-refractivity contribution is 8.07. The molecule has 4 aromatic rings. The molecule has 0 saturated carbocycles. The van der Waals surface area contributed by atoms with E-state index in [2.05, 4.69) is 29.9 Å². The number of anilines is 2. The van der Waals surface area contributed by atoms with Crippen molar-refractivity contribution in [2.45, 2.75) is 48.6 Å². The van der Waals surface area contributed by atoms with Gasteiger partial charge in [-0.2, -0.15) is 4.98 Å². The highest BCUT2D eigenvalue weighted by Crippen LogP contribution is 2.55. The van der Waals surface area contributed by atoms with Crippen LogP contribution in [0.3, 0.4) is 0 Å². The highest BCUT2D eigenvalue weighted by Gasteiger charge is 2.67. The summed E-state index contributed by atoms with van der Waals surface area (Å²) in [5, 5.41) is 11.2. The van der Waals surface area contributed by atoms with Crippen LogP contribution >= 0.6 is 15.0 Å². The number of aromatic nitrogens is 8. The second kappa shape index (κ2) is 10.5. The van der Waals surface area contributed by atoms with Crippen LogP contribution in [-0.2, 0) is 48.7 Å². The SMILES string of the molecule is Nc1nc2c(ncn2C2OC3CO[P+](=O)OC4C5OCC4(COP(O)(=S)OC2C3O)OC5n2cnc3c(N)ncnc32)c(=O)[nH]1. The third-order valence-corrected chi connectivity index (χ3v) is 10.2. The summed E-state index contributed by atoms with van der Waals surface area (Å²) in [5.41, 5.74) is 10.2. The van der Waals surface area contributed by atoms with E-state index < -0.39 is 82.3 Å². The fourth-order valence-electron chi connectivity index (χ4n) is 5.89. The largest absolute Gasteiger partial charge is 0.697 e. The van der Waals surface area contributed by atoms with Crippen LogP contribution in [0.4, 0.5) is 11.8 Å². The van der Waals surface area contributed by atoms with Gasteiger partial charge in [-0.15, -0.1) is 9.05 Å². The molecule has 4 aliphatic rings. The van der Waals surface area contributed by atoms with Gasteiger partial charge in [-0.3, -0.25) is 23.4 Å². The third-order valence-electron chi connectivity index (χ3n) is 7.94. The fraction of sp³-hybridized carbons (Fsp3) is 0.524. The van der Waals surface area contributed by atoms with Crippen LogP contribution in [0.5, 0.6) is 0 Å². The fourth-order valence-corrected chi connectivity index (χ4v) is 8.15. The summed E-state index contributed by atoms with van der Waals surface area (Å²) in [6, 6.07) is 0. The van der Waals surface area contributed by atoms with Gasteiger partial charge in [0, 0.05) is 4.57 Å². The number of H-pyrrole nitrogens is 1. The molecule has 0 radical (unpaired) electrons. The number of nitrogens with two attached hydrogens (primary N) is 2. The minimum atomic E-state index is -4.20. The number of nitrogens with zero attached hydrogens (tertiary/aromatic N) is 7. The summed E-state index contributed by atoms with van der Waals surface area (Å²) in [4.78, 5) is 46.5. The molecule has 7 N–H and O–H groups in total. The van der Waals surface area contributed by atoms with E-state index in [1.807, 2.05) is 0 Å². The second-order valence-electron chi connectivity index (χ2n) is 10.6. The Labute approximate surface area is 255 Å². The Balaban J connectivity index is 1.12. The Morgan fingerprint density at radius 3 is 2.69 bits per heavy atom. The summed E-state index contributed by atoms with van der Waals surface area (Å²) in [6.07, 6.45) is -4.17. The number of aromatic amines is 1. The van der Waals surface area contributed by atoms with Crippen molar-refractivity contribution in [2.24, 2.45) is 0 Å². The van der Waals surface area contributed by atoms with Gasteiger partial charge in [0.1, 0.15) is 42.9 Å². The number of rotatable bonds is 2. The number of ether oxygens (including phenoxy) is 3. The molecular weight excluding hydrogens is 662 g/mol. The number of hydrogen-bond donors (Lipinski definition) is 5. The Kier molecular flexibility index (Phi) is 6.81. The molecule has 8 heterocycles. The van der Waals surface area contributed by atoms with Gasteiger partial charge < -0.3 is 40.2 Å². The maximum absolute atomic E-state index is 13.1. The molecule has 4 aromatic heterocycles. The molecule has 0 aliphatic carbocycles. The molecule has 0 amide bonds. The first-order valence-electron chi connectivity index (χ1n) is 13.2. The number of nitrogens with one attached hydrogen (secondary N) is 1. The van der Waals surface area contributed by atoms with Gasteiger partial charge in [0.25, 0.3) is 5.56 Å². The molecule has 10 atom stereocenters. The molecule has 0 spiro atoms. The summed E-state index contributed by atoms with van der Waals surface area (Å²) in [7, 11) is -2.85. The summed E-state index contributed by atoms with van der Waals surface area (Å²) < 4.78 is 57.3. The van der Waals surface area contributed by atoms with Crippen molar-refractivity contribution in [2.75, 3.05) is 31.3 Å². The van der Waals surface area contributed by atoms with Gasteiger partial charge >= 0.3 is 15.0 Å². The number of aliphatic hydroxyl groups is 1. The minimum Gasteiger partial charge on any atom is -0.387 e. The lowest BCUT2D eigenvalue weighted by atomic mass is 10.0. The normalized spacial score (nSPS) is 37.8. The standard InChI is InChI=1S/C21H22N10O11P2S/c22-14-8-15(25-4-24-14)30(5-26-8)19-12-13-21(40-19,2-36-12)3-38-44(35,45)42-11-10(32)7(1-37-43(34)41-13)39-18(11)31-6-27-9-16(31)28-20(23)29-17(9)33/h4-7,10-13,18-19,32H,1-3H2,(H5-,22,23,24,25,28,29,33,35,45)/p+1. The minimum absolute atomic E-state index is 0.00614. The van der Waals surface area contributed by atoms with E-state index >= 15 is 0 Å². The lowest BCUT2D eigenvalue weighted by molar-refractivity contribution is -0.183. The van der Waals surface area contributed by atoms with Crippen molar-refractivity contribution < 1.29 is 46.9 Å². The van der Waals surface area contributed by atoms with Crippen LogP contribution in [0, 0.1) is 0 Å². The quantitative estimate of drug-likeness (QED) is 0.154. The van der Waals surface area contributed by atoms with E-state index in [1.165, 1.54) is 23.5 Å². The zero-order chi connectivity index (χ0) is 31.2. The van der Waals surface area contributed by atoms with Gasteiger partial charge in [-0.25, -0.2) is 19.9 Å². The van der Waals surface area contributed by atoms with E-state index in [9.17, 15) is 19.4 Å². The van der Waals surface area contributed by atoms with Crippen LogP contribution in [-0.4, -0.2) is 105 Å². The molecule has 4 aliphatic heterocycles. The number of imidazole rings is 2. The summed E-state index contributed by atoms with van der Waals surface area (Å²) >= 11 is 5.34. The predicted molar refractivity (Wildman–Crippen MR) is 151 cm³/mol. The first-order valence-corrected chi connectivity index (χ1v) is 16.9. The Hall–Kier alpha value is -3.11. The van der Waals surface area contributed by atoms with Gasteiger partial charge in [0.15, 0.2) is 46.8 Å². The molecule has 4 saturated heterocycles. The number of nitrogen functional groups attached to an aromatic ring is 2. The maximum atomic E-state index is 13.1. The Morgan fingerprint density at radius 2 is 1.87 bits per heavy atom. The molecule has 4 bridgehead atoms. The number of fused-ring (bicyclic) bond motifs is 4. The molecule has 24 heteroatoms. The highest BCUT2D eigenvalue weighted by atomic mass is 32.5. The predicted octanol–water partition coefficient (Wildman–Crippen LogP) is -1.26. The monoisotopic (exact) mass is 685 g/mol. The third kappa shape index (κ3) is 4.69. The molecule has 4 fully saturated rings. The zero-order valence-electron chi connectivity index (χ0n) is 22.6. The average Bonchev–Trinajstić information content (AvgIpc) is 3.80. The van der Waals surface area contributed by atoms with Gasteiger partial charge in [-0.1, -0.05) is 0 Å². The van der Waals surface area contributed by atoms with Crippen molar-refractivity contribution in [3.8, 4) is 0 Å². The van der Waals surface area contributed by atoms with E-state index in [0.717, 1.165) is 0 Å². The first-order chi connectivity index (χ1) is 21.5. The average molecular weight is 685 g/mol. The van der Waals surface area contributed by atoms with Gasteiger partial charge in [0.05, 0.1) is 25.9 Å². The van der Waals surface area contributed by atoms with Crippen molar-refractivity contribution in [1.82, 2.24) is 39.0 Å². The molecule has 45 heavy (non-hydrogen) atoms. The lowest BCUT2D eigenvalue weighted by Crippen LogP contribution is -2.45. The maximum Gasteiger partial charge on any atom is 0.697 e. The second-order valence-corrected chi connectivity index (χ2v) is 14.3. The van der Waals surface area contributed by atoms with Crippen LogP contribution in [0.2, 0.25) is 0 Å². The van der Waals surface area contributed by atoms with E-state index in [0.29, 0.717) is 11.2 Å². The van der Waals surface area contributed by atoms with E-state index in [1.54, 1.807) is 4.57 Å². The smallest absolute Gasteiger partial charge is 0.387 e. The summed E-state index contributed by atoms with van der Waals surface area (Å²) in [5.74, 6) is -0.0396. The summed E-state index contributed by atoms with van der Waals surface area (Å²) in [6.45, 7) is -5.17. The number of aliphatic hydroxyl groups excluding tert-OH is 1. The zero-order valence-corrected chi connectivity index (χ0v) is 25.2. The molecule has 238 valence electrons. The first kappa shape index (κ1) is 29.3. The molecule has 10 unspecified atom stereocenters. The number of hydrogen-bond acceptors (Lipinski definition) is 18. The van der Waals surface area contributed by atoms with Crippen molar-refractivity contribution in [1.29, 1.82) is 0 Å². The van der Waals surface area contributed by atoms with Crippen LogP contribution in [0.15, 0.2) is 23.8 Å². The van der Waals surface area contributed by atoms with Crippen molar-refractivity contribution in [3.63, 3.8) is 0 Å². The molecule has 21 nitrogen and oxygen atoms in total. The van der Waals surface area contributed by atoms with Gasteiger partial charge in [0.2, 0.25) is 5.95 Å². The van der Waals surface area contributed by atoms with E-state index in [-0.39, 0.29) is 29.5 Å². The van der Waals surface area contributed by atoms with Gasteiger partial charge in [-0.05, 0) is 11.8 Å². The van der Waals surface area contributed by atoms with Crippen LogP contribution < -0.4 is 17.0 Å². The Bertz CT molecular complexity index is 1960. The Morgan fingerprint density at radius 1 is 1.09 bits per heavy atom. The van der Waals surface area contributed by atoms with Crippen LogP contribution in [0.25, 0.3) is 22.3 Å². The molecular formula is C21H23N10O11P2S+. The van der Waals surface area contributed by atoms with Crippen LogP contribution in [0.1, 0.15) is 12.5 Å². The molecule has 8 rings (SSSR count). The van der Waals surface area contributed by atoms with E-state index in [4.69, 9.17) is 55.6 Å².